The van der Waals surface area contributed by atoms with Crippen molar-refractivity contribution in [2.24, 2.45) is 5.73 Å². The third-order valence-corrected chi connectivity index (χ3v) is 2.96. The fraction of sp³-hybridized carbons (Fsp3) is 0.556. The summed E-state index contributed by atoms with van der Waals surface area (Å²) in [4.78, 5) is 1.09. The van der Waals surface area contributed by atoms with Gasteiger partial charge in [0.1, 0.15) is 0 Å². The highest BCUT2D eigenvalue weighted by atomic mass is 32.1. The van der Waals surface area contributed by atoms with E-state index in [4.69, 9.17) is 5.73 Å². The van der Waals surface area contributed by atoms with Crippen LogP contribution in [0.5, 0.6) is 0 Å². The van der Waals surface area contributed by atoms with Gasteiger partial charge in [0.2, 0.25) is 0 Å². The maximum atomic E-state index is 9.65. The molecule has 0 unspecified atom stereocenters. The molecule has 0 aliphatic rings. The minimum atomic E-state index is -0.357. The second-order valence-electron chi connectivity index (χ2n) is 2.76. The molecule has 1 aromatic rings. The Kier molecular flexibility index (Phi) is 3.72. The van der Waals surface area contributed by atoms with Crippen LogP contribution in [0.15, 0.2) is 11.4 Å². The second kappa shape index (κ2) is 4.60. The summed E-state index contributed by atoms with van der Waals surface area (Å²) in [6, 6.07) is 2.07. The lowest BCUT2D eigenvalue weighted by molar-refractivity contribution is 0.173. The SMILES string of the molecule is CCc1ccsc1[C@@H](O)CCN. The van der Waals surface area contributed by atoms with E-state index in [0.717, 1.165) is 11.3 Å². The monoisotopic (exact) mass is 185 g/mol. The van der Waals surface area contributed by atoms with E-state index in [1.54, 1.807) is 11.3 Å². The minimum absolute atomic E-state index is 0.357. The number of aliphatic hydroxyl groups is 1. The molecule has 3 heteroatoms. The van der Waals surface area contributed by atoms with Crippen LogP contribution in [-0.2, 0) is 6.42 Å². The first-order valence-electron chi connectivity index (χ1n) is 4.24. The van der Waals surface area contributed by atoms with Crippen molar-refractivity contribution in [3.8, 4) is 0 Å². The van der Waals surface area contributed by atoms with Gasteiger partial charge in [-0.15, -0.1) is 11.3 Å². The molecule has 1 rings (SSSR count). The Morgan fingerprint density at radius 1 is 1.67 bits per heavy atom. The first kappa shape index (κ1) is 9.71. The predicted octanol–water partition coefficient (Wildman–Crippen LogP) is 1.69. The summed E-state index contributed by atoms with van der Waals surface area (Å²) in [6.07, 6.45) is 1.29. The molecule has 1 atom stereocenters. The summed E-state index contributed by atoms with van der Waals surface area (Å²) in [5.41, 5.74) is 6.62. The van der Waals surface area contributed by atoms with Crippen molar-refractivity contribution in [1.82, 2.24) is 0 Å². The molecule has 1 aromatic heterocycles. The van der Waals surface area contributed by atoms with E-state index in [-0.39, 0.29) is 6.10 Å². The summed E-state index contributed by atoms with van der Waals surface area (Å²) >= 11 is 1.62. The van der Waals surface area contributed by atoms with Gasteiger partial charge >= 0.3 is 0 Å². The lowest BCUT2D eigenvalue weighted by Crippen LogP contribution is -2.06. The van der Waals surface area contributed by atoms with Crippen molar-refractivity contribution < 1.29 is 5.11 Å². The molecule has 0 saturated carbocycles. The maximum absolute atomic E-state index is 9.65. The van der Waals surface area contributed by atoms with Crippen LogP contribution in [0.25, 0.3) is 0 Å². The van der Waals surface area contributed by atoms with Gasteiger partial charge in [-0.3, -0.25) is 0 Å². The second-order valence-corrected chi connectivity index (χ2v) is 3.70. The first-order valence-corrected chi connectivity index (χ1v) is 5.12. The van der Waals surface area contributed by atoms with Crippen LogP contribution in [0, 0.1) is 0 Å². The van der Waals surface area contributed by atoms with E-state index in [0.29, 0.717) is 13.0 Å². The highest BCUT2D eigenvalue weighted by Gasteiger charge is 2.11. The first-order chi connectivity index (χ1) is 5.79. The van der Waals surface area contributed by atoms with Gasteiger partial charge in [-0.25, -0.2) is 0 Å². The molecule has 0 aromatic carbocycles. The van der Waals surface area contributed by atoms with E-state index >= 15 is 0 Å². The Hall–Kier alpha value is -0.380. The van der Waals surface area contributed by atoms with Crippen LogP contribution >= 0.6 is 11.3 Å². The molecule has 0 spiro atoms. The normalized spacial score (nSPS) is 13.2. The van der Waals surface area contributed by atoms with Crippen LogP contribution in [0.4, 0.5) is 0 Å². The number of aliphatic hydroxyl groups excluding tert-OH is 1. The average molecular weight is 185 g/mol. The number of hydrogen-bond donors (Lipinski definition) is 2. The summed E-state index contributed by atoms with van der Waals surface area (Å²) in [6.45, 7) is 2.64. The fourth-order valence-electron chi connectivity index (χ4n) is 1.22. The van der Waals surface area contributed by atoms with Crippen molar-refractivity contribution in [2.75, 3.05) is 6.54 Å². The van der Waals surface area contributed by atoms with Crippen molar-refractivity contribution in [3.63, 3.8) is 0 Å². The van der Waals surface area contributed by atoms with Gasteiger partial charge in [0.15, 0.2) is 0 Å². The highest BCUT2D eigenvalue weighted by Crippen LogP contribution is 2.26. The van der Waals surface area contributed by atoms with Crippen LogP contribution < -0.4 is 5.73 Å². The zero-order valence-electron chi connectivity index (χ0n) is 7.29. The quantitative estimate of drug-likeness (QED) is 0.750. The molecule has 0 saturated heterocycles. The molecule has 1 heterocycles. The largest absolute Gasteiger partial charge is 0.388 e. The van der Waals surface area contributed by atoms with E-state index < -0.39 is 0 Å². The zero-order valence-corrected chi connectivity index (χ0v) is 8.10. The average Bonchev–Trinajstić information content (AvgIpc) is 2.51. The lowest BCUT2D eigenvalue weighted by Gasteiger charge is -2.08. The van der Waals surface area contributed by atoms with Crippen LogP contribution in [0.1, 0.15) is 29.9 Å². The molecular formula is C9H15NOS. The van der Waals surface area contributed by atoms with E-state index in [9.17, 15) is 5.11 Å². The summed E-state index contributed by atoms with van der Waals surface area (Å²) in [5, 5.41) is 11.7. The van der Waals surface area contributed by atoms with Gasteiger partial charge in [-0.05, 0) is 36.4 Å². The van der Waals surface area contributed by atoms with E-state index in [1.165, 1.54) is 5.56 Å². The van der Waals surface area contributed by atoms with Gasteiger partial charge in [0.25, 0.3) is 0 Å². The van der Waals surface area contributed by atoms with Crippen LogP contribution in [-0.4, -0.2) is 11.7 Å². The topological polar surface area (TPSA) is 46.2 Å². The molecule has 2 nitrogen and oxygen atoms in total. The molecule has 68 valence electrons. The maximum Gasteiger partial charge on any atom is 0.0896 e. The Morgan fingerprint density at radius 2 is 2.42 bits per heavy atom. The lowest BCUT2D eigenvalue weighted by atomic mass is 10.1. The van der Waals surface area contributed by atoms with Gasteiger partial charge in [0.05, 0.1) is 6.10 Å². The number of rotatable bonds is 4. The van der Waals surface area contributed by atoms with Crippen LogP contribution in [0.2, 0.25) is 0 Å². The molecular weight excluding hydrogens is 170 g/mol. The fourth-order valence-corrected chi connectivity index (χ4v) is 2.24. The number of nitrogens with two attached hydrogens (primary N) is 1. The van der Waals surface area contributed by atoms with Gasteiger partial charge in [-0.1, -0.05) is 6.92 Å². The highest BCUT2D eigenvalue weighted by molar-refractivity contribution is 7.10. The third kappa shape index (κ3) is 2.06. The molecule has 0 radical (unpaired) electrons. The Labute approximate surface area is 77.0 Å². The molecule has 3 N–H and O–H groups in total. The van der Waals surface area contributed by atoms with Gasteiger partial charge in [-0.2, -0.15) is 0 Å². The third-order valence-electron chi connectivity index (χ3n) is 1.90. The van der Waals surface area contributed by atoms with Crippen molar-refractivity contribution >= 4 is 11.3 Å². The Bertz CT molecular complexity index is 234. The molecule has 0 aliphatic heterocycles. The van der Waals surface area contributed by atoms with Crippen molar-refractivity contribution in [2.45, 2.75) is 25.9 Å². The summed E-state index contributed by atoms with van der Waals surface area (Å²) in [5.74, 6) is 0. The number of aryl methyl sites for hydroxylation is 1. The molecule has 0 aliphatic carbocycles. The van der Waals surface area contributed by atoms with Gasteiger partial charge < -0.3 is 10.8 Å². The summed E-state index contributed by atoms with van der Waals surface area (Å²) < 4.78 is 0. The standard InChI is InChI=1S/C9H15NOS/c1-2-7-4-6-12-9(7)8(11)3-5-10/h4,6,8,11H,2-3,5,10H2,1H3/t8-/m0/s1. The Morgan fingerprint density at radius 3 is 3.00 bits per heavy atom. The molecule has 0 bridgehead atoms. The van der Waals surface area contributed by atoms with Crippen molar-refractivity contribution in [1.29, 1.82) is 0 Å². The number of hydrogen-bond acceptors (Lipinski definition) is 3. The van der Waals surface area contributed by atoms with E-state index in [2.05, 4.69) is 13.0 Å². The van der Waals surface area contributed by atoms with Crippen molar-refractivity contribution in [3.05, 3.63) is 21.9 Å². The number of thiophene rings is 1. The molecule has 12 heavy (non-hydrogen) atoms. The molecule has 0 amide bonds. The Balaban J connectivity index is 2.71. The predicted molar refractivity (Wildman–Crippen MR) is 52.3 cm³/mol. The minimum Gasteiger partial charge on any atom is -0.388 e. The molecule has 0 fully saturated rings. The van der Waals surface area contributed by atoms with Gasteiger partial charge in [0, 0.05) is 4.88 Å². The summed E-state index contributed by atoms with van der Waals surface area (Å²) in [7, 11) is 0. The van der Waals surface area contributed by atoms with E-state index in [1.807, 2.05) is 5.38 Å². The zero-order chi connectivity index (χ0) is 8.97. The van der Waals surface area contributed by atoms with Crippen LogP contribution in [0.3, 0.4) is 0 Å². The smallest absolute Gasteiger partial charge is 0.0896 e.